The number of alkyl halides is 5. The van der Waals surface area contributed by atoms with Crippen molar-refractivity contribution >= 4 is 11.8 Å². The van der Waals surface area contributed by atoms with Crippen LogP contribution in [0.4, 0.5) is 22.0 Å². The van der Waals surface area contributed by atoms with E-state index < -0.39 is 30.7 Å². The Bertz CT molecular complexity index is 579. The third-order valence-electron chi connectivity index (χ3n) is 3.66. The fourth-order valence-corrected chi connectivity index (χ4v) is 2.15. The summed E-state index contributed by atoms with van der Waals surface area (Å²) < 4.78 is 66.2. The maximum absolute atomic E-state index is 12.8. The van der Waals surface area contributed by atoms with Crippen LogP contribution in [-0.4, -0.2) is 31.0 Å². The summed E-state index contributed by atoms with van der Waals surface area (Å²) in [6, 6.07) is 6.32. The fourth-order valence-electron chi connectivity index (χ4n) is 2.15. The fraction of sp³-hybridized carbons (Fsp3) is 0.529. The molecule has 0 aromatic heterocycles. The van der Waals surface area contributed by atoms with Gasteiger partial charge < -0.3 is 4.74 Å². The van der Waals surface area contributed by atoms with Gasteiger partial charge in [-0.25, -0.2) is 0 Å². The lowest BCUT2D eigenvalue weighted by atomic mass is 10.0. The van der Waals surface area contributed by atoms with Gasteiger partial charge in [-0.3, -0.25) is 9.59 Å². The summed E-state index contributed by atoms with van der Waals surface area (Å²) in [5.74, 6) is -5.59. The first-order valence-corrected chi connectivity index (χ1v) is 7.70. The zero-order chi connectivity index (χ0) is 19.1. The number of benzene rings is 1. The number of hydrogen-bond acceptors (Lipinski definition) is 3. The number of aryl methyl sites for hydroxylation is 1. The molecule has 1 aromatic carbocycles. The minimum absolute atomic E-state index is 0.257. The summed E-state index contributed by atoms with van der Waals surface area (Å²) in [5.41, 5.74) is 1.14. The van der Waals surface area contributed by atoms with Crippen LogP contribution in [0.3, 0.4) is 0 Å². The Morgan fingerprint density at radius 2 is 1.56 bits per heavy atom. The molecular weight excluding hydrogens is 347 g/mol. The Labute approximate surface area is 142 Å². The van der Waals surface area contributed by atoms with Crippen LogP contribution in [0.25, 0.3) is 0 Å². The molecule has 0 heterocycles. The second-order valence-electron chi connectivity index (χ2n) is 5.61. The van der Waals surface area contributed by atoms with Gasteiger partial charge in [0.15, 0.2) is 5.78 Å². The molecule has 1 rings (SSSR count). The maximum atomic E-state index is 12.8. The summed E-state index contributed by atoms with van der Waals surface area (Å²) in [6.45, 7) is 0. The van der Waals surface area contributed by atoms with Gasteiger partial charge in [-0.2, -0.15) is 22.0 Å². The number of carbonyl (C=O) groups excluding carboxylic acids is 2. The van der Waals surface area contributed by atoms with E-state index in [-0.39, 0.29) is 24.4 Å². The standard InChI is InChI=1S/C17H19F5O3/c1-25-15(24)6-2-4-12-7-9-13(10-8-12)14(23)5-3-11-16(18,19)17(20,21)22/h7-10H,2-6,11H2,1H3. The van der Waals surface area contributed by atoms with Crippen molar-refractivity contribution in [1.82, 2.24) is 0 Å². The molecule has 0 spiro atoms. The number of rotatable bonds is 9. The van der Waals surface area contributed by atoms with Gasteiger partial charge in [-0.1, -0.05) is 24.3 Å². The van der Waals surface area contributed by atoms with E-state index in [0.29, 0.717) is 12.8 Å². The van der Waals surface area contributed by atoms with Crippen molar-refractivity contribution in [2.45, 2.75) is 50.6 Å². The van der Waals surface area contributed by atoms with E-state index in [1.165, 1.54) is 19.2 Å². The average molecular weight is 366 g/mol. The number of methoxy groups -OCH3 is 1. The van der Waals surface area contributed by atoms with E-state index in [9.17, 15) is 31.5 Å². The summed E-state index contributed by atoms with van der Waals surface area (Å²) in [7, 11) is 1.30. The molecule has 25 heavy (non-hydrogen) atoms. The lowest BCUT2D eigenvalue weighted by molar-refractivity contribution is -0.284. The highest BCUT2D eigenvalue weighted by Crippen LogP contribution is 2.39. The minimum atomic E-state index is -5.60. The van der Waals surface area contributed by atoms with Crippen molar-refractivity contribution < 1.29 is 36.3 Å². The SMILES string of the molecule is COC(=O)CCCc1ccc(C(=O)CCCC(F)(F)C(F)(F)F)cc1. The van der Waals surface area contributed by atoms with Crippen LogP contribution >= 0.6 is 0 Å². The number of ketones is 1. The van der Waals surface area contributed by atoms with Crippen LogP contribution in [0.5, 0.6) is 0 Å². The van der Waals surface area contributed by atoms with Crippen LogP contribution in [0, 0.1) is 0 Å². The van der Waals surface area contributed by atoms with Crippen LogP contribution in [0.2, 0.25) is 0 Å². The molecule has 140 valence electrons. The molecular formula is C17H19F5O3. The molecule has 0 fully saturated rings. The molecule has 0 aliphatic rings. The number of ether oxygens (including phenoxy) is 1. The number of hydrogen-bond donors (Lipinski definition) is 0. The quantitative estimate of drug-likeness (QED) is 0.360. The van der Waals surface area contributed by atoms with Gasteiger partial charge >= 0.3 is 18.1 Å². The molecule has 0 atom stereocenters. The topological polar surface area (TPSA) is 43.4 Å². The van der Waals surface area contributed by atoms with Gasteiger partial charge in [0, 0.05) is 24.8 Å². The monoisotopic (exact) mass is 366 g/mol. The smallest absolute Gasteiger partial charge is 0.453 e. The highest BCUT2D eigenvalue weighted by molar-refractivity contribution is 5.96. The largest absolute Gasteiger partial charge is 0.469 e. The lowest BCUT2D eigenvalue weighted by Gasteiger charge is -2.19. The second kappa shape index (κ2) is 8.92. The zero-order valence-electron chi connectivity index (χ0n) is 13.7. The van der Waals surface area contributed by atoms with Crippen molar-refractivity contribution in [2.75, 3.05) is 7.11 Å². The van der Waals surface area contributed by atoms with Crippen molar-refractivity contribution in [2.24, 2.45) is 0 Å². The molecule has 0 N–H and O–H groups in total. The molecule has 0 saturated heterocycles. The Morgan fingerprint density at radius 1 is 0.960 bits per heavy atom. The van der Waals surface area contributed by atoms with Gasteiger partial charge in [-0.15, -0.1) is 0 Å². The first kappa shape index (κ1) is 21.1. The first-order valence-electron chi connectivity index (χ1n) is 7.70. The summed E-state index contributed by atoms with van der Waals surface area (Å²) in [6.07, 6.45) is -6.49. The molecule has 0 saturated carbocycles. The second-order valence-corrected chi connectivity index (χ2v) is 5.61. The van der Waals surface area contributed by atoms with Crippen molar-refractivity contribution in [3.05, 3.63) is 35.4 Å². The molecule has 0 radical (unpaired) electrons. The molecule has 0 aliphatic heterocycles. The Morgan fingerprint density at radius 3 is 2.08 bits per heavy atom. The molecule has 0 amide bonds. The van der Waals surface area contributed by atoms with E-state index in [0.717, 1.165) is 5.56 Å². The van der Waals surface area contributed by atoms with Crippen molar-refractivity contribution in [1.29, 1.82) is 0 Å². The van der Waals surface area contributed by atoms with E-state index >= 15 is 0 Å². The van der Waals surface area contributed by atoms with Crippen LogP contribution in [0.15, 0.2) is 24.3 Å². The first-order chi connectivity index (χ1) is 11.6. The Balaban J connectivity index is 2.45. The zero-order valence-corrected chi connectivity index (χ0v) is 13.7. The molecule has 0 bridgehead atoms. The Hall–Kier alpha value is -1.99. The third-order valence-corrected chi connectivity index (χ3v) is 3.66. The molecule has 8 heteroatoms. The van der Waals surface area contributed by atoms with Gasteiger partial charge in [0.1, 0.15) is 0 Å². The van der Waals surface area contributed by atoms with E-state index in [4.69, 9.17) is 0 Å². The number of Topliss-reactive ketones (excluding diaryl/α,β-unsaturated/α-hetero) is 1. The molecule has 3 nitrogen and oxygen atoms in total. The third kappa shape index (κ3) is 6.80. The summed E-state index contributed by atoms with van der Waals surface area (Å²) in [5, 5.41) is 0. The predicted molar refractivity (Wildman–Crippen MR) is 80.6 cm³/mol. The van der Waals surface area contributed by atoms with Gasteiger partial charge in [0.05, 0.1) is 7.11 Å². The average Bonchev–Trinajstić information content (AvgIpc) is 2.54. The number of carbonyl (C=O) groups is 2. The molecule has 0 aliphatic carbocycles. The predicted octanol–water partition coefficient (Wildman–Crippen LogP) is 4.73. The highest BCUT2D eigenvalue weighted by Gasteiger charge is 2.56. The van der Waals surface area contributed by atoms with Gasteiger partial charge in [0.2, 0.25) is 0 Å². The minimum Gasteiger partial charge on any atom is -0.469 e. The summed E-state index contributed by atoms with van der Waals surface area (Å²) >= 11 is 0. The highest BCUT2D eigenvalue weighted by atomic mass is 19.4. The maximum Gasteiger partial charge on any atom is 0.453 e. The van der Waals surface area contributed by atoms with Gasteiger partial charge in [-0.05, 0) is 24.8 Å². The Kier molecular flexibility index (Phi) is 7.51. The molecule has 1 aromatic rings. The van der Waals surface area contributed by atoms with Crippen LogP contribution in [0.1, 0.15) is 48.0 Å². The van der Waals surface area contributed by atoms with Crippen LogP contribution < -0.4 is 0 Å². The number of esters is 1. The van der Waals surface area contributed by atoms with Crippen LogP contribution in [-0.2, 0) is 16.0 Å². The van der Waals surface area contributed by atoms with E-state index in [1.54, 1.807) is 12.1 Å². The lowest BCUT2D eigenvalue weighted by Crippen LogP contribution is -2.36. The number of halogens is 5. The summed E-state index contributed by atoms with van der Waals surface area (Å²) in [4.78, 5) is 22.8. The molecule has 0 unspecified atom stereocenters. The normalized spacial score (nSPS) is 12.1. The van der Waals surface area contributed by atoms with Gasteiger partial charge in [0.25, 0.3) is 0 Å². The van der Waals surface area contributed by atoms with Crippen molar-refractivity contribution in [3.8, 4) is 0 Å². The van der Waals surface area contributed by atoms with E-state index in [2.05, 4.69) is 4.74 Å². The van der Waals surface area contributed by atoms with E-state index in [1.807, 2.05) is 0 Å². The van der Waals surface area contributed by atoms with Crippen molar-refractivity contribution in [3.63, 3.8) is 0 Å².